The summed E-state index contributed by atoms with van der Waals surface area (Å²) >= 11 is 0.370. The number of carbonyl (C=O) groups excluding carboxylic acids is 2. The van der Waals surface area contributed by atoms with Crippen molar-refractivity contribution in [2.75, 3.05) is 10.6 Å². The van der Waals surface area contributed by atoms with Gasteiger partial charge in [0.1, 0.15) is 21.6 Å². The largest absolute Gasteiger partial charge is 1.00 e. The van der Waals surface area contributed by atoms with Crippen LogP contribution in [0.3, 0.4) is 0 Å². The predicted molar refractivity (Wildman–Crippen MR) is 187 cm³/mol. The zero-order chi connectivity index (χ0) is 38.0. The summed E-state index contributed by atoms with van der Waals surface area (Å²) < 4.78 is 42.3. The van der Waals surface area contributed by atoms with E-state index in [-0.39, 0.29) is 86.5 Å². The zero-order valence-electron chi connectivity index (χ0n) is 29.8. The molecule has 0 atom stereocenters. The van der Waals surface area contributed by atoms with Crippen molar-refractivity contribution in [3.05, 3.63) is 119 Å². The number of benzene rings is 4. The summed E-state index contributed by atoms with van der Waals surface area (Å²) in [6, 6.07) is 21.8. The summed E-state index contributed by atoms with van der Waals surface area (Å²) in [4.78, 5) is 24.9. The average Bonchev–Trinajstić information content (AvgIpc) is 3.08. The van der Waals surface area contributed by atoms with Crippen LogP contribution < -0.4 is 75.0 Å². The van der Waals surface area contributed by atoms with Crippen molar-refractivity contribution in [1.29, 1.82) is 0 Å². The molecule has 0 radical (unpaired) electrons. The van der Waals surface area contributed by atoms with Gasteiger partial charge in [-0.25, -0.2) is 8.42 Å². The maximum absolute atomic E-state index is 12.8. The van der Waals surface area contributed by atoms with E-state index in [9.17, 15) is 38.0 Å². The van der Waals surface area contributed by atoms with Crippen LogP contribution in [0.2, 0.25) is 0 Å². The second-order valence-corrected chi connectivity index (χ2v) is 12.9. The molecule has 0 heterocycles. The van der Waals surface area contributed by atoms with Crippen LogP contribution in [0.4, 0.5) is 22.7 Å². The van der Waals surface area contributed by atoms with Crippen LogP contribution >= 0.6 is 12.0 Å². The summed E-state index contributed by atoms with van der Waals surface area (Å²) in [6.45, 7) is 5.56. The molecule has 20 heteroatoms. The third-order valence-electron chi connectivity index (χ3n) is 7.00. The normalized spacial score (nSPS) is 12.3. The summed E-state index contributed by atoms with van der Waals surface area (Å²) in [5, 5.41) is 55.5. The zero-order valence-corrected chi connectivity index (χ0v) is 35.5. The second-order valence-electron chi connectivity index (χ2n) is 10.9. The molecule has 0 unspecified atom stereocenters. The Morgan fingerprint density at radius 2 is 1.15 bits per heavy atom. The third-order valence-corrected chi connectivity index (χ3v) is 8.52. The van der Waals surface area contributed by atoms with Gasteiger partial charge >= 0.3 is 59.1 Å². The maximum atomic E-state index is 12.8. The number of azo groups is 2. The monoisotopic (exact) mass is 792 g/mol. The van der Waals surface area contributed by atoms with Gasteiger partial charge in [-0.3, -0.25) is 14.6 Å². The Kier molecular flexibility index (Phi) is 18.4. The van der Waals surface area contributed by atoms with Crippen LogP contribution in [-0.4, -0.2) is 35.0 Å². The van der Waals surface area contributed by atoms with Gasteiger partial charge in [0, 0.05) is 21.8 Å². The number of para-hydroxylation sites is 2. The Balaban J connectivity index is 0.00000504. The molecule has 0 aliphatic carbocycles. The number of nitrogens with one attached hydrogen (secondary N) is 2. The number of nitrogens with zero attached hydrogens (tertiary/aromatic N) is 4. The molecule has 4 rings (SSSR count). The molecule has 0 aliphatic rings. The third kappa shape index (κ3) is 12.7. The number of allylic oxidation sites excluding steroid dienone is 2. The van der Waals surface area contributed by atoms with Gasteiger partial charge in [0.05, 0.1) is 28.3 Å². The number of rotatable bonds is 13. The van der Waals surface area contributed by atoms with Crippen molar-refractivity contribution in [2.24, 2.45) is 20.5 Å². The van der Waals surface area contributed by atoms with Gasteiger partial charge in [-0.15, -0.1) is 20.5 Å². The SMILES string of the molecule is CC(O)=C(N=Nc1cc(SOO[O-])c(-c2cc(C)c(N=NC(C(=O)Nc3ccccc3)=C(C)O)cc2S(=O)(=O)[O-])cc1C)C(=O)Nc1ccccc1.[Na+].[Na+]. The van der Waals surface area contributed by atoms with Crippen LogP contribution in [0, 0.1) is 13.8 Å². The van der Waals surface area contributed by atoms with Crippen molar-refractivity contribution in [2.45, 2.75) is 37.5 Å². The van der Waals surface area contributed by atoms with E-state index in [4.69, 9.17) is 0 Å². The number of hydrogen-bond acceptors (Lipinski definition) is 15. The van der Waals surface area contributed by atoms with Crippen LogP contribution in [0.15, 0.2) is 138 Å². The van der Waals surface area contributed by atoms with Crippen molar-refractivity contribution in [3.63, 3.8) is 0 Å². The van der Waals surface area contributed by atoms with E-state index in [0.717, 1.165) is 6.07 Å². The fraction of sp³-hybridized carbons (Fsp3) is 0.118. The van der Waals surface area contributed by atoms with E-state index in [1.54, 1.807) is 67.6 Å². The van der Waals surface area contributed by atoms with Gasteiger partial charge < -0.3 is 30.7 Å². The number of aliphatic hydroxyl groups is 2. The van der Waals surface area contributed by atoms with Crippen LogP contribution in [0.5, 0.6) is 0 Å². The van der Waals surface area contributed by atoms with Crippen molar-refractivity contribution >= 4 is 56.7 Å². The minimum atomic E-state index is -5.22. The standard InChI is InChI=1S/C34H32N6O10S2.2Na/c1-19-15-25(29(51-50-49-45)17-27(19)37-39-31(21(3)41)33(43)35-23-11-7-5-8-12-23)26-16-20(2)28(18-30(26)52(46,47)48)38-40-32(22(4)42)34(44)36-24-13-9-6-10-14-24;;/h5-18,41-42,45H,1-4H3,(H,35,43)(H,36,44)(H,46,47,48);;/q;2*+1/p-2. The molecule has 0 fully saturated rings. The Hall–Kier alpha value is -3.76. The molecular weight excluding hydrogens is 763 g/mol. The number of hydrogen-bond donors (Lipinski definition) is 4. The molecule has 54 heavy (non-hydrogen) atoms. The van der Waals surface area contributed by atoms with Gasteiger partial charge in [0.2, 0.25) is 0 Å². The fourth-order valence-corrected chi connectivity index (χ4v) is 5.73. The molecule has 0 aliphatic heterocycles. The topological polar surface area (TPSA) is 247 Å². The smallest absolute Gasteiger partial charge is 0.744 e. The molecule has 0 aromatic heterocycles. The summed E-state index contributed by atoms with van der Waals surface area (Å²) in [5.74, 6) is -2.47. The van der Waals surface area contributed by atoms with E-state index >= 15 is 0 Å². The van der Waals surface area contributed by atoms with E-state index in [2.05, 4.69) is 40.5 Å². The van der Waals surface area contributed by atoms with E-state index in [0.29, 0.717) is 34.5 Å². The first kappa shape index (κ1) is 46.4. The summed E-state index contributed by atoms with van der Waals surface area (Å²) in [7, 11) is -5.22. The molecule has 0 bridgehead atoms. The Labute approximate surface area is 358 Å². The Morgan fingerprint density at radius 3 is 1.56 bits per heavy atom. The van der Waals surface area contributed by atoms with Gasteiger partial charge in [-0.05, 0) is 92.9 Å². The van der Waals surface area contributed by atoms with Gasteiger partial charge in [-0.1, -0.05) is 36.4 Å². The molecule has 2 amide bonds. The Bertz CT molecular complexity index is 2210. The summed E-state index contributed by atoms with van der Waals surface area (Å²) in [5.41, 5.74) is 0.575. The number of amides is 2. The molecule has 4 aromatic carbocycles. The average molecular weight is 793 g/mol. The number of aryl methyl sites for hydroxylation is 2. The van der Waals surface area contributed by atoms with Crippen molar-refractivity contribution in [1.82, 2.24) is 0 Å². The minimum Gasteiger partial charge on any atom is -0.744 e. The van der Waals surface area contributed by atoms with E-state index < -0.39 is 49.7 Å². The summed E-state index contributed by atoms with van der Waals surface area (Å²) in [6.07, 6.45) is 0. The van der Waals surface area contributed by atoms with Crippen LogP contribution in [0.1, 0.15) is 25.0 Å². The molecule has 0 saturated carbocycles. The predicted octanol–water partition coefficient (Wildman–Crippen LogP) is 1.14. The van der Waals surface area contributed by atoms with E-state index in [1.165, 1.54) is 39.0 Å². The molecule has 0 saturated heterocycles. The molecule has 0 spiro atoms. The van der Waals surface area contributed by atoms with Crippen molar-refractivity contribution < 1.29 is 107 Å². The number of anilines is 2. The first-order valence-corrected chi connectivity index (χ1v) is 17.1. The number of aliphatic hydroxyl groups excluding tert-OH is 2. The fourth-order valence-electron chi connectivity index (χ4n) is 4.51. The van der Waals surface area contributed by atoms with Gasteiger partial charge in [0.15, 0.2) is 11.4 Å². The first-order chi connectivity index (χ1) is 24.7. The molecular formula is C34H30N6Na2O10S2. The first-order valence-electron chi connectivity index (χ1n) is 14.9. The minimum absolute atomic E-state index is 0. The number of carbonyl (C=O) groups is 2. The van der Waals surface area contributed by atoms with Crippen molar-refractivity contribution in [3.8, 4) is 11.1 Å². The maximum Gasteiger partial charge on any atom is 1.00 e. The van der Waals surface area contributed by atoms with Crippen LogP contribution in [0.25, 0.3) is 11.1 Å². The van der Waals surface area contributed by atoms with Gasteiger partial charge in [0.25, 0.3) is 11.8 Å². The molecule has 16 nitrogen and oxygen atoms in total. The molecule has 270 valence electrons. The Morgan fingerprint density at radius 1 is 0.722 bits per heavy atom. The second kappa shape index (κ2) is 21.4. The molecule has 4 aromatic rings. The quantitative estimate of drug-likeness (QED) is 0.0219. The van der Waals surface area contributed by atoms with E-state index in [1.807, 2.05) is 0 Å². The van der Waals surface area contributed by atoms with Gasteiger partial charge in [-0.2, -0.15) is 4.33 Å². The molecule has 4 N–H and O–H groups in total. The van der Waals surface area contributed by atoms with Crippen LogP contribution in [-0.2, 0) is 29.1 Å².